The van der Waals surface area contributed by atoms with Gasteiger partial charge in [-0.15, -0.1) is 0 Å². The van der Waals surface area contributed by atoms with Crippen molar-refractivity contribution in [1.82, 2.24) is 9.97 Å². The number of hydrogen-bond donors (Lipinski definition) is 1. The SMILES string of the molecule is Cc1ccc(-c2nc(S(=O)(=O)c3ccccc3)c(NCc3ccccn3)o2)cc1. The van der Waals surface area contributed by atoms with E-state index in [-0.39, 0.29) is 21.7 Å². The van der Waals surface area contributed by atoms with Crippen molar-refractivity contribution >= 4 is 15.7 Å². The zero-order valence-electron chi connectivity index (χ0n) is 15.7. The van der Waals surface area contributed by atoms with Crippen molar-refractivity contribution in [2.24, 2.45) is 0 Å². The van der Waals surface area contributed by atoms with E-state index in [1.807, 2.05) is 49.4 Å². The van der Waals surface area contributed by atoms with E-state index in [9.17, 15) is 8.42 Å². The van der Waals surface area contributed by atoms with Crippen LogP contribution in [0.5, 0.6) is 0 Å². The lowest BCUT2D eigenvalue weighted by atomic mass is 10.1. The van der Waals surface area contributed by atoms with Crippen LogP contribution in [0.1, 0.15) is 11.3 Å². The Kier molecular flexibility index (Phi) is 5.14. The molecule has 2 aromatic heterocycles. The fourth-order valence-electron chi connectivity index (χ4n) is 2.80. The molecule has 0 atom stereocenters. The van der Waals surface area contributed by atoms with Crippen LogP contribution in [-0.4, -0.2) is 18.4 Å². The van der Waals surface area contributed by atoms with Crippen LogP contribution in [0.25, 0.3) is 11.5 Å². The second kappa shape index (κ2) is 7.89. The summed E-state index contributed by atoms with van der Waals surface area (Å²) in [4.78, 5) is 8.73. The molecule has 0 amide bonds. The van der Waals surface area contributed by atoms with Gasteiger partial charge in [0.2, 0.25) is 26.6 Å². The highest BCUT2D eigenvalue weighted by atomic mass is 32.2. The van der Waals surface area contributed by atoms with Crippen molar-refractivity contribution < 1.29 is 12.8 Å². The van der Waals surface area contributed by atoms with Crippen LogP contribution in [0.4, 0.5) is 5.88 Å². The van der Waals surface area contributed by atoms with Gasteiger partial charge in [-0.05, 0) is 43.3 Å². The number of anilines is 1. The molecule has 4 rings (SSSR count). The Morgan fingerprint density at radius 3 is 2.34 bits per heavy atom. The number of nitrogens with zero attached hydrogens (tertiary/aromatic N) is 2. The lowest BCUT2D eigenvalue weighted by Crippen LogP contribution is -2.08. The van der Waals surface area contributed by atoms with E-state index in [4.69, 9.17) is 4.42 Å². The predicted octanol–water partition coefficient (Wildman–Crippen LogP) is 4.49. The highest BCUT2D eigenvalue weighted by molar-refractivity contribution is 7.91. The first kappa shape index (κ1) is 18.9. The zero-order valence-corrected chi connectivity index (χ0v) is 16.6. The summed E-state index contributed by atoms with van der Waals surface area (Å²) in [5.74, 6) is 0.332. The molecule has 29 heavy (non-hydrogen) atoms. The number of aryl methyl sites for hydroxylation is 1. The molecule has 0 radical (unpaired) electrons. The van der Waals surface area contributed by atoms with E-state index in [2.05, 4.69) is 15.3 Å². The Labute approximate surface area is 169 Å². The van der Waals surface area contributed by atoms with Gasteiger partial charge in [-0.2, -0.15) is 4.98 Å². The van der Waals surface area contributed by atoms with Crippen LogP contribution in [-0.2, 0) is 16.4 Å². The van der Waals surface area contributed by atoms with Gasteiger partial charge in [0.05, 0.1) is 17.1 Å². The summed E-state index contributed by atoms with van der Waals surface area (Å²) >= 11 is 0. The molecule has 0 saturated heterocycles. The second-order valence-electron chi connectivity index (χ2n) is 6.51. The van der Waals surface area contributed by atoms with Gasteiger partial charge in [0, 0.05) is 11.8 Å². The molecule has 0 bridgehead atoms. The number of hydrogen-bond acceptors (Lipinski definition) is 6. The molecule has 0 aliphatic carbocycles. The second-order valence-corrected chi connectivity index (χ2v) is 8.38. The molecule has 0 spiro atoms. The number of oxazole rings is 1. The Hall–Kier alpha value is -3.45. The first-order valence-electron chi connectivity index (χ1n) is 9.06. The number of nitrogens with one attached hydrogen (secondary N) is 1. The Balaban J connectivity index is 1.76. The topological polar surface area (TPSA) is 85.1 Å². The van der Waals surface area contributed by atoms with Crippen LogP contribution in [0.3, 0.4) is 0 Å². The maximum atomic E-state index is 13.2. The van der Waals surface area contributed by atoms with Crippen LogP contribution in [0, 0.1) is 6.92 Å². The number of benzene rings is 2. The van der Waals surface area contributed by atoms with E-state index in [0.29, 0.717) is 12.1 Å². The molecule has 7 heteroatoms. The maximum absolute atomic E-state index is 13.2. The minimum absolute atomic E-state index is 0.0927. The highest BCUT2D eigenvalue weighted by Gasteiger charge is 2.28. The third-order valence-electron chi connectivity index (χ3n) is 4.36. The number of aromatic nitrogens is 2. The van der Waals surface area contributed by atoms with E-state index in [1.165, 1.54) is 12.1 Å². The molecular formula is C22H19N3O3S. The van der Waals surface area contributed by atoms with Crippen molar-refractivity contribution in [3.05, 3.63) is 90.3 Å². The van der Waals surface area contributed by atoms with Gasteiger partial charge in [0.1, 0.15) is 0 Å². The van der Waals surface area contributed by atoms with Gasteiger partial charge in [0.25, 0.3) is 0 Å². The highest BCUT2D eigenvalue weighted by Crippen LogP contribution is 2.32. The van der Waals surface area contributed by atoms with Gasteiger partial charge in [-0.1, -0.05) is 42.0 Å². The average Bonchev–Trinajstić information content (AvgIpc) is 3.19. The third-order valence-corrected chi connectivity index (χ3v) is 6.04. The van der Waals surface area contributed by atoms with Crippen molar-refractivity contribution in [2.45, 2.75) is 23.4 Å². The Bertz CT molecular complexity index is 1200. The summed E-state index contributed by atoms with van der Waals surface area (Å²) in [6, 6.07) is 21.3. The van der Waals surface area contributed by atoms with E-state index < -0.39 is 9.84 Å². The van der Waals surface area contributed by atoms with Gasteiger partial charge >= 0.3 is 0 Å². The summed E-state index contributed by atoms with van der Waals surface area (Å²) in [6.45, 7) is 2.28. The van der Waals surface area contributed by atoms with Gasteiger partial charge < -0.3 is 9.73 Å². The number of rotatable bonds is 6. The van der Waals surface area contributed by atoms with Crippen LogP contribution < -0.4 is 5.32 Å². The average molecular weight is 405 g/mol. The molecule has 0 aliphatic heterocycles. The fraction of sp³-hybridized carbons (Fsp3) is 0.0909. The van der Waals surface area contributed by atoms with Crippen LogP contribution in [0.2, 0.25) is 0 Å². The number of pyridine rings is 1. The zero-order chi connectivity index (χ0) is 20.3. The molecule has 0 aliphatic rings. The summed E-state index contributed by atoms with van der Waals surface area (Å²) in [5, 5.41) is 2.89. The van der Waals surface area contributed by atoms with Crippen molar-refractivity contribution in [3.63, 3.8) is 0 Å². The maximum Gasteiger partial charge on any atom is 0.234 e. The van der Waals surface area contributed by atoms with Gasteiger partial charge in [0.15, 0.2) is 0 Å². The van der Waals surface area contributed by atoms with Crippen molar-refractivity contribution in [1.29, 1.82) is 0 Å². The first-order valence-corrected chi connectivity index (χ1v) is 10.5. The quantitative estimate of drug-likeness (QED) is 0.509. The monoisotopic (exact) mass is 405 g/mol. The van der Waals surface area contributed by atoms with Crippen LogP contribution in [0.15, 0.2) is 93.3 Å². The van der Waals surface area contributed by atoms with Crippen molar-refractivity contribution in [3.8, 4) is 11.5 Å². The smallest absolute Gasteiger partial charge is 0.234 e. The van der Waals surface area contributed by atoms with E-state index in [1.54, 1.807) is 24.4 Å². The minimum atomic E-state index is -3.86. The minimum Gasteiger partial charge on any atom is -0.419 e. The molecule has 6 nitrogen and oxygen atoms in total. The van der Waals surface area contributed by atoms with Crippen molar-refractivity contribution in [2.75, 3.05) is 5.32 Å². The predicted molar refractivity (Wildman–Crippen MR) is 110 cm³/mol. The molecule has 0 fully saturated rings. The molecule has 2 heterocycles. The van der Waals surface area contributed by atoms with Crippen LogP contribution >= 0.6 is 0 Å². The molecule has 4 aromatic rings. The summed E-state index contributed by atoms with van der Waals surface area (Å²) in [5.41, 5.74) is 2.54. The Morgan fingerprint density at radius 2 is 1.66 bits per heavy atom. The third kappa shape index (κ3) is 4.05. The summed E-state index contributed by atoms with van der Waals surface area (Å²) in [6.07, 6.45) is 1.68. The molecule has 0 unspecified atom stereocenters. The standard InChI is InChI=1S/C22H19N3O3S/c1-16-10-12-17(13-11-16)20-25-22(29(26,27)19-8-3-2-4-9-19)21(28-20)24-15-18-7-5-6-14-23-18/h2-14,24H,15H2,1H3. The van der Waals surface area contributed by atoms with E-state index >= 15 is 0 Å². The van der Waals surface area contributed by atoms with E-state index in [0.717, 1.165) is 11.3 Å². The number of sulfone groups is 1. The normalized spacial score (nSPS) is 11.3. The van der Waals surface area contributed by atoms with Gasteiger partial charge in [-0.3, -0.25) is 4.98 Å². The Morgan fingerprint density at radius 1 is 0.931 bits per heavy atom. The molecule has 146 valence electrons. The molecule has 1 N–H and O–H groups in total. The van der Waals surface area contributed by atoms with Gasteiger partial charge in [-0.25, -0.2) is 8.42 Å². The lowest BCUT2D eigenvalue weighted by molar-refractivity contribution is 0.576. The summed E-state index contributed by atoms with van der Waals surface area (Å²) < 4.78 is 32.2. The molecule has 0 saturated carbocycles. The lowest BCUT2D eigenvalue weighted by Gasteiger charge is -2.05. The largest absolute Gasteiger partial charge is 0.419 e. The first-order chi connectivity index (χ1) is 14.0. The fourth-order valence-corrected chi connectivity index (χ4v) is 4.10. The molecular weight excluding hydrogens is 386 g/mol. The summed E-state index contributed by atoms with van der Waals surface area (Å²) in [7, 11) is -3.86. The molecule has 2 aromatic carbocycles.